The summed E-state index contributed by atoms with van der Waals surface area (Å²) in [6.45, 7) is 2.29. The number of hydrogen-bond donors (Lipinski definition) is 1. The number of hydrogen-bond acceptors (Lipinski definition) is 4. The summed E-state index contributed by atoms with van der Waals surface area (Å²) in [7, 11) is 0. The van der Waals surface area contributed by atoms with E-state index in [2.05, 4.69) is 15.6 Å². The van der Waals surface area contributed by atoms with Crippen LogP contribution < -0.4 is 5.32 Å². The molecule has 22 heavy (non-hydrogen) atoms. The number of aryl methyl sites for hydroxylation is 1. The number of nitrogens with zero attached hydrogens (tertiary/aromatic N) is 3. The first-order valence-electron chi connectivity index (χ1n) is 7.03. The SMILES string of the molecule is Cc1cc(C(=O)NCCc2cnn(-c3ccccc3)c2)on1. The monoisotopic (exact) mass is 296 g/mol. The van der Waals surface area contributed by atoms with Crippen LogP contribution in [0.5, 0.6) is 0 Å². The highest BCUT2D eigenvalue weighted by Crippen LogP contribution is 2.08. The van der Waals surface area contributed by atoms with Gasteiger partial charge in [0.1, 0.15) is 0 Å². The Bertz CT molecular complexity index is 761. The molecular formula is C16H16N4O2. The van der Waals surface area contributed by atoms with Crippen molar-refractivity contribution in [3.8, 4) is 5.69 Å². The van der Waals surface area contributed by atoms with Crippen LogP contribution >= 0.6 is 0 Å². The molecule has 1 N–H and O–H groups in total. The van der Waals surface area contributed by atoms with E-state index in [0.29, 0.717) is 18.7 Å². The van der Waals surface area contributed by atoms with Crippen molar-refractivity contribution in [1.29, 1.82) is 0 Å². The van der Waals surface area contributed by atoms with Gasteiger partial charge in [-0.2, -0.15) is 5.10 Å². The zero-order chi connectivity index (χ0) is 15.4. The fraction of sp³-hybridized carbons (Fsp3) is 0.188. The summed E-state index contributed by atoms with van der Waals surface area (Å²) < 4.78 is 6.73. The van der Waals surface area contributed by atoms with Gasteiger partial charge in [0.15, 0.2) is 0 Å². The van der Waals surface area contributed by atoms with Gasteiger partial charge in [-0.05, 0) is 31.0 Å². The Morgan fingerprint density at radius 2 is 2.14 bits per heavy atom. The topological polar surface area (TPSA) is 73.0 Å². The van der Waals surface area contributed by atoms with Gasteiger partial charge < -0.3 is 9.84 Å². The molecule has 0 aliphatic carbocycles. The van der Waals surface area contributed by atoms with Crippen molar-refractivity contribution in [2.45, 2.75) is 13.3 Å². The van der Waals surface area contributed by atoms with Gasteiger partial charge in [-0.3, -0.25) is 4.79 Å². The molecule has 0 aliphatic rings. The van der Waals surface area contributed by atoms with Crippen LogP contribution in [0.2, 0.25) is 0 Å². The zero-order valence-electron chi connectivity index (χ0n) is 12.2. The Morgan fingerprint density at radius 1 is 1.32 bits per heavy atom. The lowest BCUT2D eigenvalue weighted by Crippen LogP contribution is -2.25. The number of rotatable bonds is 5. The maximum absolute atomic E-state index is 11.8. The number of amides is 1. The molecule has 0 saturated carbocycles. The minimum atomic E-state index is -0.254. The second-order valence-corrected chi connectivity index (χ2v) is 4.97. The first kappa shape index (κ1) is 14.1. The summed E-state index contributed by atoms with van der Waals surface area (Å²) in [5.74, 6) is -0.0199. The van der Waals surface area contributed by atoms with Crippen molar-refractivity contribution in [3.63, 3.8) is 0 Å². The normalized spacial score (nSPS) is 10.6. The van der Waals surface area contributed by atoms with Crippen molar-refractivity contribution < 1.29 is 9.32 Å². The quantitative estimate of drug-likeness (QED) is 0.783. The first-order chi connectivity index (χ1) is 10.7. The molecule has 0 atom stereocenters. The van der Waals surface area contributed by atoms with E-state index in [4.69, 9.17) is 4.52 Å². The van der Waals surface area contributed by atoms with Gasteiger partial charge in [-0.1, -0.05) is 23.4 Å². The lowest BCUT2D eigenvalue weighted by atomic mass is 10.2. The predicted molar refractivity (Wildman–Crippen MR) is 80.8 cm³/mol. The molecular weight excluding hydrogens is 280 g/mol. The third-order valence-electron chi connectivity index (χ3n) is 3.21. The number of nitrogens with one attached hydrogen (secondary N) is 1. The molecule has 0 radical (unpaired) electrons. The van der Waals surface area contributed by atoms with Crippen LogP contribution in [-0.4, -0.2) is 27.4 Å². The van der Waals surface area contributed by atoms with Gasteiger partial charge in [0.25, 0.3) is 5.91 Å². The molecule has 1 amide bonds. The second kappa shape index (κ2) is 6.26. The lowest BCUT2D eigenvalue weighted by molar-refractivity contribution is 0.0917. The van der Waals surface area contributed by atoms with Crippen LogP contribution in [0.3, 0.4) is 0 Å². The summed E-state index contributed by atoms with van der Waals surface area (Å²) in [6.07, 6.45) is 4.46. The number of para-hydroxylation sites is 1. The Balaban J connectivity index is 1.54. The third kappa shape index (κ3) is 3.22. The van der Waals surface area contributed by atoms with Gasteiger partial charge >= 0.3 is 0 Å². The largest absolute Gasteiger partial charge is 0.351 e. The molecule has 0 bridgehead atoms. The number of carbonyl (C=O) groups excluding carboxylic acids is 1. The van der Waals surface area contributed by atoms with Crippen molar-refractivity contribution >= 4 is 5.91 Å². The molecule has 6 heteroatoms. The maximum atomic E-state index is 11.8. The summed E-state index contributed by atoms with van der Waals surface area (Å²) in [4.78, 5) is 11.8. The van der Waals surface area contributed by atoms with Crippen molar-refractivity contribution in [2.75, 3.05) is 6.54 Å². The van der Waals surface area contributed by atoms with Gasteiger partial charge in [0.2, 0.25) is 5.76 Å². The number of aromatic nitrogens is 3. The fourth-order valence-corrected chi connectivity index (χ4v) is 2.09. The van der Waals surface area contributed by atoms with E-state index < -0.39 is 0 Å². The van der Waals surface area contributed by atoms with Gasteiger partial charge in [-0.25, -0.2) is 4.68 Å². The fourth-order valence-electron chi connectivity index (χ4n) is 2.09. The minimum Gasteiger partial charge on any atom is -0.351 e. The molecule has 6 nitrogen and oxygen atoms in total. The molecule has 0 aliphatic heterocycles. The highest BCUT2D eigenvalue weighted by molar-refractivity contribution is 5.91. The molecule has 2 aromatic heterocycles. The van der Waals surface area contributed by atoms with E-state index in [0.717, 1.165) is 11.3 Å². The van der Waals surface area contributed by atoms with E-state index >= 15 is 0 Å². The lowest BCUT2D eigenvalue weighted by Gasteiger charge is -2.01. The number of benzene rings is 1. The summed E-state index contributed by atoms with van der Waals surface area (Å²) in [5, 5.41) is 10.8. The van der Waals surface area contributed by atoms with Gasteiger partial charge in [0.05, 0.1) is 17.6 Å². The summed E-state index contributed by atoms with van der Waals surface area (Å²) in [5.41, 5.74) is 2.75. The highest BCUT2D eigenvalue weighted by atomic mass is 16.5. The molecule has 0 spiro atoms. The van der Waals surface area contributed by atoms with Crippen LogP contribution in [0, 0.1) is 6.92 Å². The van der Waals surface area contributed by atoms with E-state index in [9.17, 15) is 4.79 Å². The maximum Gasteiger partial charge on any atom is 0.289 e. The second-order valence-electron chi connectivity index (χ2n) is 4.97. The van der Waals surface area contributed by atoms with E-state index in [1.165, 1.54) is 0 Å². The van der Waals surface area contributed by atoms with Crippen molar-refractivity contribution in [3.05, 3.63) is 65.8 Å². The Labute approximate surface area is 127 Å². The molecule has 3 rings (SSSR count). The average molecular weight is 296 g/mol. The van der Waals surface area contributed by atoms with Crippen LogP contribution in [0.15, 0.2) is 53.3 Å². The number of carbonyl (C=O) groups is 1. The molecule has 0 unspecified atom stereocenters. The smallest absolute Gasteiger partial charge is 0.289 e. The van der Waals surface area contributed by atoms with E-state index in [1.54, 1.807) is 19.2 Å². The molecule has 112 valence electrons. The molecule has 1 aromatic carbocycles. The van der Waals surface area contributed by atoms with Crippen LogP contribution in [-0.2, 0) is 6.42 Å². The van der Waals surface area contributed by atoms with Crippen molar-refractivity contribution in [2.24, 2.45) is 0 Å². The first-order valence-corrected chi connectivity index (χ1v) is 7.03. The standard InChI is InChI=1S/C16H16N4O2/c1-12-9-15(22-19-12)16(21)17-8-7-13-10-18-20(11-13)14-5-3-2-4-6-14/h2-6,9-11H,7-8H2,1H3,(H,17,21). The van der Waals surface area contributed by atoms with Crippen molar-refractivity contribution in [1.82, 2.24) is 20.3 Å². The van der Waals surface area contributed by atoms with Crippen LogP contribution in [0.4, 0.5) is 0 Å². The van der Waals surface area contributed by atoms with Crippen LogP contribution in [0.25, 0.3) is 5.69 Å². The summed E-state index contributed by atoms with van der Waals surface area (Å²) >= 11 is 0. The molecule has 0 saturated heterocycles. The molecule has 2 heterocycles. The molecule has 3 aromatic rings. The Kier molecular flexibility index (Phi) is 4.00. The Hall–Kier alpha value is -2.89. The summed E-state index contributed by atoms with van der Waals surface area (Å²) in [6, 6.07) is 11.5. The van der Waals surface area contributed by atoms with Crippen LogP contribution in [0.1, 0.15) is 21.8 Å². The minimum absolute atomic E-state index is 0.234. The van der Waals surface area contributed by atoms with Gasteiger partial charge in [0, 0.05) is 18.8 Å². The molecule has 0 fully saturated rings. The van der Waals surface area contributed by atoms with E-state index in [-0.39, 0.29) is 11.7 Å². The predicted octanol–water partition coefficient (Wildman–Crippen LogP) is 2.14. The third-order valence-corrected chi connectivity index (χ3v) is 3.21. The highest BCUT2D eigenvalue weighted by Gasteiger charge is 2.10. The Morgan fingerprint density at radius 3 is 2.86 bits per heavy atom. The average Bonchev–Trinajstić information content (AvgIpc) is 3.17. The van der Waals surface area contributed by atoms with E-state index in [1.807, 2.05) is 41.2 Å². The van der Waals surface area contributed by atoms with Gasteiger partial charge in [-0.15, -0.1) is 0 Å². The zero-order valence-corrected chi connectivity index (χ0v) is 12.2.